The molecule has 2 rings (SSSR count). The number of aryl methyl sites for hydroxylation is 1. The van der Waals surface area contributed by atoms with Gasteiger partial charge in [-0.1, -0.05) is 0 Å². The first-order valence-electron chi connectivity index (χ1n) is 4.01. The summed E-state index contributed by atoms with van der Waals surface area (Å²) in [5, 5.41) is 0. The van der Waals surface area contributed by atoms with E-state index in [0.717, 1.165) is 9.39 Å². The smallest absolute Gasteiger partial charge is 0.157 e. The van der Waals surface area contributed by atoms with E-state index in [-0.39, 0.29) is 5.82 Å². The Balaban J connectivity index is 2.44. The van der Waals surface area contributed by atoms with Crippen molar-refractivity contribution in [1.82, 2.24) is 15.0 Å². The van der Waals surface area contributed by atoms with Crippen molar-refractivity contribution in [2.75, 3.05) is 0 Å². The minimum absolute atomic E-state index is 0.341. The number of nitrogens with one attached hydrogen (secondary N) is 1. The lowest BCUT2D eigenvalue weighted by atomic mass is 10.3. The molecular formula is C9H7FIN3. The summed E-state index contributed by atoms with van der Waals surface area (Å²) in [6, 6.07) is 2.97. The first-order valence-corrected chi connectivity index (χ1v) is 5.09. The van der Waals surface area contributed by atoms with Crippen LogP contribution in [0.2, 0.25) is 0 Å². The van der Waals surface area contributed by atoms with Crippen LogP contribution in [0, 0.1) is 16.4 Å². The third-order valence-electron chi connectivity index (χ3n) is 1.80. The minimum Gasteiger partial charge on any atom is -0.340 e. The highest BCUT2D eigenvalue weighted by Gasteiger charge is 2.06. The molecule has 0 spiro atoms. The molecule has 0 saturated heterocycles. The molecule has 0 bridgehead atoms. The lowest BCUT2D eigenvalue weighted by Crippen LogP contribution is -1.86. The molecule has 14 heavy (non-hydrogen) atoms. The van der Waals surface area contributed by atoms with Crippen LogP contribution in [0.4, 0.5) is 4.39 Å². The van der Waals surface area contributed by atoms with Crippen molar-refractivity contribution in [1.29, 1.82) is 0 Å². The van der Waals surface area contributed by atoms with E-state index in [9.17, 15) is 4.39 Å². The number of aromatic amines is 1. The van der Waals surface area contributed by atoms with Gasteiger partial charge in [-0.2, -0.15) is 0 Å². The fourth-order valence-corrected chi connectivity index (χ4v) is 1.45. The number of hydrogen-bond acceptors (Lipinski definition) is 2. The van der Waals surface area contributed by atoms with E-state index in [1.165, 1.54) is 12.3 Å². The van der Waals surface area contributed by atoms with Gasteiger partial charge in [0.15, 0.2) is 5.82 Å². The van der Waals surface area contributed by atoms with Gasteiger partial charge in [0.25, 0.3) is 0 Å². The van der Waals surface area contributed by atoms with Gasteiger partial charge in [-0.15, -0.1) is 0 Å². The van der Waals surface area contributed by atoms with E-state index in [4.69, 9.17) is 0 Å². The Morgan fingerprint density at radius 1 is 1.43 bits per heavy atom. The van der Waals surface area contributed by atoms with Gasteiger partial charge in [-0.3, -0.25) is 0 Å². The molecule has 0 aromatic carbocycles. The van der Waals surface area contributed by atoms with Crippen LogP contribution in [-0.2, 0) is 0 Å². The van der Waals surface area contributed by atoms with Gasteiger partial charge < -0.3 is 4.98 Å². The molecule has 0 amide bonds. The Morgan fingerprint density at radius 3 is 2.71 bits per heavy atom. The summed E-state index contributed by atoms with van der Waals surface area (Å²) in [6.07, 6.45) is 1.18. The standard InChI is InChI=1S/C9H7FIN3/c1-5-8(11)14-9(13-5)7-3-2-6(10)4-12-7/h2-4H,1H3,(H,13,14). The lowest BCUT2D eigenvalue weighted by molar-refractivity contribution is 0.621. The first kappa shape index (κ1) is 9.57. The van der Waals surface area contributed by atoms with Gasteiger partial charge >= 0.3 is 0 Å². The Hall–Kier alpha value is -0.980. The number of aromatic nitrogens is 3. The van der Waals surface area contributed by atoms with Gasteiger partial charge in [-0.05, 0) is 41.6 Å². The third-order valence-corrected chi connectivity index (χ3v) is 2.85. The molecule has 2 heterocycles. The number of hydrogen-bond donors (Lipinski definition) is 1. The largest absolute Gasteiger partial charge is 0.340 e. The first-order chi connectivity index (χ1) is 6.66. The summed E-state index contributed by atoms with van der Waals surface area (Å²) in [4.78, 5) is 11.3. The van der Waals surface area contributed by atoms with Crippen molar-refractivity contribution in [3.05, 3.63) is 33.5 Å². The van der Waals surface area contributed by atoms with Crippen molar-refractivity contribution in [2.24, 2.45) is 0 Å². The molecule has 2 aromatic heterocycles. The normalized spacial score (nSPS) is 10.5. The number of nitrogens with zero attached hydrogens (tertiary/aromatic N) is 2. The molecule has 0 aliphatic rings. The summed E-state index contributed by atoms with van der Waals surface area (Å²) in [5.74, 6) is 0.332. The van der Waals surface area contributed by atoms with Crippen LogP contribution in [0.5, 0.6) is 0 Å². The van der Waals surface area contributed by atoms with Gasteiger partial charge in [0.2, 0.25) is 0 Å². The molecule has 72 valence electrons. The van der Waals surface area contributed by atoms with Gasteiger partial charge in [0.1, 0.15) is 15.2 Å². The maximum Gasteiger partial charge on any atom is 0.157 e. The van der Waals surface area contributed by atoms with Crippen molar-refractivity contribution in [2.45, 2.75) is 6.92 Å². The lowest BCUT2D eigenvalue weighted by Gasteiger charge is -1.94. The summed E-state index contributed by atoms with van der Waals surface area (Å²) < 4.78 is 13.5. The quantitative estimate of drug-likeness (QED) is 0.823. The van der Waals surface area contributed by atoms with Gasteiger partial charge in [-0.25, -0.2) is 14.4 Å². The molecule has 0 aliphatic heterocycles. The summed E-state index contributed by atoms with van der Waals surface area (Å²) in [5.41, 5.74) is 1.64. The monoisotopic (exact) mass is 303 g/mol. The Kier molecular flexibility index (Phi) is 2.49. The van der Waals surface area contributed by atoms with Crippen LogP contribution in [0.1, 0.15) is 5.69 Å². The molecule has 1 N–H and O–H groups in total. The molecule has 0 fully saturated rings. The van der Waals surface area contributed by atoms with E-state index in [1.807, 2.05) is 6.92 Å². The van der Waals surface area contributed by atoms with Crippen molar-refractivity contribution in [3.63, 3.8) is 0 Å². The SMILES string of the molecule is Cc1[nH]c(-c2ccc(F)cn2)nc1I. The highest BCUT2D eigenvalue weighted by molar-refractivity contribution is 14.1. The molecule has 5 heteroatoms. The predicted molar refractivity (Wildman–Crippen MR) is 59.2 cm³/mol. The molecule has 0 radical (unpaired) electrons. The maximum absolute atomic E-state index is 12.6. The fraction of sp³-hybridized carbons (Fsp3) is 0.111. The molecule has 3 nitrogen and oxygen atoms in total. The Labute approximate surface area is 93.9 Å². The predicted octanol–water partition coefficient (Wildman–Crippen LogP) is 2.52. The second-order valence-electron chi connectivity index (χ2n) is 2.86. The van der Waals surface area contributed by atoms with E-state index in [1.54, 1.807) is 6.07 Å². The van der Waals surface area contributed by atoms with E-state index in [2.05, 4.69) is 37.5 Å². The van der Waals surface area contributed by atoms with Crippen LogP contribution in [0.25, 0.3) is 11.5 Å². The summed E-state index contributed by atoms with van der Waals surface area (Å²) in [6.45, 7) is 1.93. The second kappa shape index (κ2) is 3.64. The average Bonchev–Trinajstić information content (AvgIpc) is 2.48. The highest BCUT2D eigenvalue weighted by Crippen LogP contribution is 2.16. The average molecular weight is 303 g/mol. The van der Waals surface area contributed by atoms with E-state index >= 15 is 0 Å². The fourth-order valence-electron chi connectivity index (χ4n) is 1.08. The third kappa shape index (κ3) is 1.77. The topological polar surface area (TPSA) is 41.6 Å². The van der Waals surface area contributed by atoms with Crippen molar-refractivity contribution in [3.8, 4) is 11.5 Å². The van der Waals surface area contributed by atoms with Crippen LogP contribution < -0.4 is 0 Å². The number of rotatable bonds is 1. The summed E-state index contributed by atoms with van der Waals surface area (Å²) in [7, 11) is 0. The molecule has 0 saturated carbocycles. The zero-order valence-electron chi connectivity index (χ0n) is 7.38. The molecule has 0 unspecified atom stereocenters. The highest BCUT2D eigenvalue weighted by atomic mass is 127. The van der Waals surface area contributed by atoms with Crippen molar-refractivity contribution < 1.29 is 4.39 Å². The number of halogens is 2. The van der Waals surface area contributed by atoms with Crippen LogP contribution in [-0.4, -0.2) is 15.0 Å². The van der Waals surface area contributed by atoms with Crippen LogP contribution in [0.3, 0.4) is 0 Å². The Bertz CT molecular complexity index is 430. The van der Waals surface area contributed by atoms with E-state index in [0.29, 0.717) is 11.5 Å². The van der Waals surface area contributed by atoms with Crippen LogP contribution >= 0.6 is 22.6 Å². The van der Waals surface area contributed by atoms with Gasteiger partial charge in [0.05, 0.1) is 6.20 Å². The van der Waals surface area contributed by atoms with Crippen molar-refractivity contribution >= 4 is 22.6 Å². The molecule has 0 atom stereocenters. The molecule has 0 aliphatic carbocycles. The minimum atomic E-state index is -0.341. The number of imidazole rings is 1. The number of H-pyrrole nitrogens is 1. The summed E-state index contributed by atoms with van der Waals surface area (Å²) >= 11 is 2.13. The zero-order chi connectivity index (χ0) is 10.1. The molecular weight excluding hydrogens is 296 g/mol. The van der Waals surface area contributed by atoms with Gasteiger partial charge in [0, 0.05) is 5.69 Å². The maximum atomic E-state index is 12.6. The Morgan fingerprint density at radius 2 is 2.21 bits per heavy atom. The van der Waals surface area contributed by atoms with E-state index < -0.39 is 0 Å². The number of pyridine rings is 1. The second-order valence-corrected chi connectivity index (χ2v) is 3.88. The molecule has 2 aromatic rings. The zero-order valence-corrected chi connectivity index (χ0v) is 9.54. The van der Waals surface area contributed by atoms with Crippen LogP contribution in [0.15, 0.2) is 18.3 Å².